The van der Waals surface area contributed by atoms with Crippen molar-refractivity contribution in [2.75, 3.05) is 37.6 Å². The van der Waals surface area contributed by atoms with Crippen molar-refractivity contribution >= 4 is 21.6 Å². The highest BCUT2D eigenvalue weighted by Gasteiger charge is 2.34. The smallest absolute Gasteiger partial charge is 0.244 e. The predicted octanol–water partition coefficient (Wildman–Crippen LogP) is 1.97. The summed E-state index contributed by atoms with van der Waals surface area (Å²) in [6.07, 6.45) is 0.887. The first-order valence-corrected chi connectivity index (χ1v) is 11.1. The summed E-state index contributed by atoms with van der Waals surface area (Å²) in [5.74, 6) is 0.0873. The first kappa shape index (κ1) is 19.1. The Kier molecular flexibility index (Phi) is 5.23. The SMILES string of the molecule is CC(C(=O)N1CCc2ccccc21)N1CCN(S(=O)(=O)c2ccccc2)CC1. The molecule has 148 valence electrons. The van der Waals surface area contributed by atoms with Crippen molar-refractivity contribution in [3.05, 3.63) is 60.2 Å². The first-order valence-electron chi connectivity index (χ1n) is 9.67. The molecule has 1 fully saturated rings. The van der Waals surface area contributed by atoms with Gasteiger partial charge in [0.1, 0.15) is 0 Å². The lowest BCUT2D eigenvalue weighted by Crippen LogP contribution is -2.55. The molecule has 2 aromatic rings. The molecule has 2 aromatic carbocycles. The summed E-state index contributed by atoms with van der Waals surface area (Å²) >= 11 is 0. The topological polar surface area (TPSA) is 60.9 Å². The van der Waals surface area contributed by atoms with E-state index in [4.69, 9.17) is 0 Å². The monoisotopic (exact) mass is 399 g/mol. The van der Waals surface area contributed by atoms with Crippen LogP contribution in [0.25, 0.3) is 0 Å². The summed E-state index contributed by atoms with van der Waals surface area (Å²) in [5, 5.41) is 0. The van der Waals surface area contributed by atoms with Gasteiger partial charge in [-0.05, 0) is 37.1 Å². The fraction of sp³-hybridized carbons (Fsp3) is 0.381. The van der Waals surface area contributed by atoms with E-state index in [-0.39, 0.29) is 11.9 Å². The van der Waals surface area contributed by atoms with Crippen LogP contribution in [0.1, 0.15) is 12.5 Å². The largest absolute Gasteiger partial charge is 0.310 e. The van der Waals surface area contributed by atoms with Crippen molar-refractivity contribution in [2.45, 2.75) is 24.3 Å². The van der Waals surface area contributed by atoms with Crippen LogP contribution in [0.2, 0.25) is 0 Å². The second-order valence-electron chi connectivity index (χ2n) is 7.30. The first-order chi connectivity index (χ1) is 13.5. The van der Waals surface area contributed by atoms with Gasteiger partial charge >= 0.3 is 0 Å². The van der Waals surface area contributed by atoms with Gasteiger partial charge in [0, 0.05) is 38.4 Å². The Hall–Kier alpha value is -2.22. The third-order valence-electron chi connectivity index (χ3n) is 5.71. The molecule has 2 aliphatic rings. The molecule has 0 aliphatic carbocycles. The Bertz CT molecular complexity index is 954. The van der Waals surface area contributed by atoms with E-state index in [1.165, 1.54) is 9.87 Å². The second-order valence-corrected chi connectivity index (χ2v) is 9.24. The van der Waals surface area contributed by atoms with E-state index >= 15 is 0 Å². The Morgan fingerprint density at radius 1 is 0.893 bits per heavy atom. The van der Waals surface area contributed by atoms with E-state index in [0.717, 1.165) is 12.1 Å². The Morgan fingerprint density at radius 3 is 2.25 bits per heavy atom. The zero-order valence-corrected chi connectivity index (χ0v) is 16.8. The van der Waals surface area contributed by atoms with Gasteiger partial charge in [0.05, 0.1) is 10.9 Å². The van der Waals surface area contributed by atoms with Gasteiger partial charge in [-0.25, -0.2) is 8.42 Å². The van der Waals surface area contributed by atoms with Gasteiger partial charge in [-0.3, -0.25) is 9.69 Å². The Morgan fingerprint density at radius 2 is 1.54 bits per heavy atom. The molecule has 1 unspecified atom stereocenters. The highest BCUT2D eigenvalue weighted by molar-refractivity contribution is 7.89. The molecule has 1 atom stereocenters. The molecular formula is C21H25N3O3S. The number of piperazine rings is 1. The number of fused-ring (bicyclic) bond motifs is 1. The standard InChI is InChI=1S/C21H25N3O3S/c1-17(21(25)24-12-11-18-7-5-6-10-20(18)24)22-13-15-23(16-14-22)28(26,27)19-8-3-2-4-9-19/h2-10,17H,11-16H2,1H3. The molecule has 0 saturated carbocycles. The maximum absolute atomic E-state index is 13.1. The van der Waals surface area contributed by atoms with Gasteiger partial charge in [-0.2, -0.15) is 4.31 Å². The maximum Gasteiger partial charge on any atom is 0.244 e. The van der Waals surface area contributed by atoms with E-state index in [9.17, 15) is 13.2 Å². The van der Waals surface area contributed by atoms with Crippen LogP contribution in [0.4, 0.5) is 5.69 Å². The molecule has 1 amide bonds. The molecule has 0 aromatic heterocycles. The number of hydrogen-bond donors (Lipinski definition) is 0. The number of sulfonamides is 1. The van der Waals surface area contributed by atoms with Crippen LogP contribution in [0.15, 0.2) is 59.5 Å². The molecule has 2 heterocycles. The van der Waals surface area contributed by atoms with Crippen LogP contribution in [-0.4, -0.2) is 62.3 Å². The van der Waals surface area contributed by atoms with Gasteiger partial charge < -0.3 is 4.90 Å². The van der Waals surface area contributed by atoms with Gasteiger partial charge in [0.2, 0.25) is 15.9 Å². The average molecular weight is 400 g/mol. The molecule has 6 nitrogen and oxygen atoms in total. The van der Waals surface area contributed by atoms with E-state index < -0.39 is 10.0 Å². The number of hydrogen-bond acceptors (Lipinski definition) is 4. The van der Waals surface area contributed by atoms with Crippen molar-refractivity contribution in [1.29, 1.82) is 0 Å². The summed E-state index contributed by atoms with van der Waals surface area (Å²) in [6, 6.07) is 16.3. The molecule has 0 spiro atoms. The highest BCUT2D eigenvalue weighted by atomic mass is 32.2. The summed E-state index contributed by atoms with van der Waals surface area (Å²) in [7, 11) is -3.48. The zero-order valence-electron chi connectivity index (χ0n) is 16.0. The maximum atomic E-state index is 13.1. The number of benzene rings is 2. The minimum absolute atomic E-state index is 0.0873. The summed E-state index contributed by atoms with van der Waals surface area (Å²) < 4.78 is 27.1. The zero-order chi connectivity index (χ0) is 19.7. The van der Waals surface area contributed by atoms with E-state index in [1.807, 2.05) is 30.0 Å². The fourth-order valence-corrected chi connectivity index (χ4v) is 5.46. The quantitative estimate of drug-likeness (QED) is 0.789. The molecule has 0 bridgehead atoms. The molecule has 2 aliphatic heterocycles. The minimum atomic E-state index is -3.48. The number of carbonyl (C=O) groups excluding carboxylic acids is 1. The summed E-state index contributed by atoms with van der Waals surface area (Å²) in [4.78, 5) is 17.3. The van der Waals surface area contributed by atoms with Crippen LogP contribution in [0, 0.1) is 0 Å². The van der Waals surface area contributed by atoms with Crippen LogP contribution >= 0.6 is 0 Å². The third kappa shape index (κ3) is 3.45. The Labute approximate surface area is 166 Å². The third-order valence-corrected chi connectivity index (χ3v) is 7.63. The second kappa shape index (κ2) is 7.66. The molecule has 0 radical (unpaired) electrons. The van der Waals surface area contributed by atoms with Gasteiger partial charge in [0.25, 0.3) is 0 Å². The molecule has 4 rings (SSSR count). The molecular weight excluding hydrogens is 374 g/mol. The number of carbonyl (C=O) groups is 1. The van der Waals surface area contributed by atoms with Crippen LogP contribution in [-0.2, 0) is 21.2 Å². The number of rotatable bonds is 4. The van der Waals surface area contributed by atoms with Crippen LogP contribution in [0.3, 0.4) is 0 Å². The lowest BCUT2D eigenvalue weighted by molar-refractivity contribution is -0.123. The van der Waals surface area contributed by atoms with E-state index in [1.54, 1.807) is 30.3 Å². The highest BCUT2D eigenvalue weighted by Crippen LogP contribution is 2.28. The van der Waals surface area contributed by atoms with Crippen molar-refractivity contribution in [3.8, 4) is 0 Å². The van der Waals surface area contributed by atoms with Gasteiger partial charge in [-0.1, -0.05) is 36.4 Å². The lowest BCUT2D eigenvalue weighted by atomic mass is 10.1. The van der Waals surface area contributed by atoms with Gasteiger partial charge in [0.15, 0.2) is 0 Å². The fourth-order valence-electron chi connectivity index (χ4n) is 4.02. The lowest BCUT2D eigenvalue weighted by Gasteiger charge is -2.38. The van der Waals surface area contributed by atoms with Crippen LogP contribution < -0.4 is 4.90 Å². The Balaban J connectivity index is 1.41. The van der Waals surface area contributed by atoms with Crippen molar-refractivity contribution in [2.24, 2.45) is 0 Å². The number of nitrogens with zero attached hydrogens (tertiary/aromatic N) is 3. The number of para-hydroxylation sites is 1. The molecule has 7 heteroatoms. The predicted molar refractivity (Wildman–Crippen MR) is 109 cm³/mol. The number of amides is 1. The van der Waals surface area contributed by atoms with E-state index in [0.29, 0.717) is 37.6 Å². The van der Waals surface area contributed by atoms with Crippen molar-refractivity contribution in [3.63, 3.8) is 0 Å². The number of anilines is 1. The molecule has 0 N–H and O–H groups in total. The van der Waals surface area contributed by atoms with Crippen LogP contribution in [0.5, 0.6) is 0 Å². The van der Waals surface area contributed by atoms with Gasteiger partial charge in [-0.15, -0.1) is 0 Å². The summed E-state index contributed by atoms with van der Waals surface area (Å²) in [5.41, 5.74) is 2.21. The summed E-state index contributed by atoms with van der Waals surface area (Å²) in [6.45, 7) is 4.52. The molecule has 1 saturated heterocycles. The normalized spacial score (nSPS) is 19.4. The minimum Gasteiger partial charge on any atom is -0.310 e. The molecule has 28 heavy (non-hydrogen) atoms. The van der Waals surface area contributed by atoms with E-state index in [2.05, 4.69) is 11.0 Å². The van der Waals surface area contributed by atoms with Crippen molar-refractivity contribution < 1.29 is 13.2 Å². The average Bonchev–Trinajstić information content (AvgIpc) is 3.17. The van der Waals surface area contributed by atoms with Crippen molar-refractivity contribution in [1.82, 2.24) is 9.21 Å².